The molecule has 18 heavy (non-hydrogen) atoms. The van der Waals surface area contributed by atoms with E-state index in [1.165, 1.54) is 16.7 Å². The van der Waals surface area contributed by atoms with Gasteiger partial charge in [-0.1, -0.05) is 0 Å². The van der Waals surface area contributed by atoms with Gasteiger partial charge in [0.25, 0.3) is 0 Å². The van der Waals surface area contributed by atoms with Crippen LogP contribution in [0, 0.1) is 5.41 Å². The van der Waals surface area contributed by atoms with Gasteiger partial charge >= 0.3 is 0 Å². The maximum absolute atomic E-state index is 12.2. The second-order valence-electron chi connectivity index (χ2n) is 4.66. The number of rotatable bonds is 3. The second-order valence-corrected chi connectivity index (χ2v) is 6.60. The van der Waals surface area contributed by atoms with Gasteiger partial charge in [0, 0.05) is 26.3 Å². The number of nitrogens with zero attached hydrogens (tertiary/aromatic N) is 2. The van der Waals surface area contributed by atoms with Crippen LogP contribution in [0.4, 0.5) is 0 Å². The lowest BCUT2D eigenvalue weighted by Gasteiger charge is -2.22. The molecule has 0 aromatic carbocycles. The molecule has 100 valence electrons. The number of aromatic nitrogens is 2. The Hall–Kier alpha value is -1.41. The highest BCUT2D eigenvalue weighted by atomic mass is 32.2. The van der Waals surface area contributed by atoms with Gasteiger partial charge in [-0.15, -0.1) is 0 Å². The molecular weight excluding hydrogens is 256 g/mol. The fraction of sp³-hybridized carbons (Fsp3) is 0.600. The Labute approximate surface area is 106 Å². The smallest absolute Gasteiger partial charge is 0.246 e. The number of H-pyrrole nitrogens is 1. The van der Waals surface area contributed by atoms with Gasteiger partial charge in [0.1, 0.15) is 4.90 Å². The summed E-state index contributed by atoms with van der Waals surface area (Å²) in [6.45, 7) is 2.31. The van der Waals surface area contributed by atoms with E-state index in [2.05, 4.69) is 15.5 Å². The van der Waals surface area contributed by atoms with Gasteiger partial charge in [0.2, 0.25) is 15.9 Å². The van der Waals surface area contributed by atoms with Crippen LogP contribution in [0.2, 0.25) is 0 Å². The summed E-state index contributed by atoms with van der Waals surface area (Å²) in [6.07, 6.45) is 3.12. The normalized spacial score (nSPS) is 25.2. The highest BCUT2D eigenvalue weighted by Crippen LogP contribution is 2.33. The highest BCUT2D eigenvalue weighted by molar-refractivity contribution is 7.89. The molecule has 0 spiro atoms. The molecule has 1 aromatic rings. The van der Waals surface area contributed by atoms with E-state index in [4.69, 9.17) is 0 Å². The van der Waals surface area contributed by atoms with E-state index in [0.29, 0.717) is 13.0 Å². The van der Waals surface area contributed by atoms with Crippen LogP contribution >= 0.6 is 0 Å². The van der Waals surface area contributed by atoms with Crippen LogP contribution in [0.1, 0.15) is 13.3 Å². The predicted molar refractivity (Wildman–Crippen MR) is 64.1 cm³/mol. The fourth-order valence-corrected chi connectivity index (χ4v) is 3.61. The Morgan fingerprint density at radius 3 is 2.89 bits per heavy atom. The number of hydrogen-bond acceptors (Lipinski definition) is 4. The van der Waals surface area contributed by atoms with Crippen LogP contribution < -0.4 is 5.32 Å². The maximum atomic E-state index is 12.2. The van der Waals surface area contributed by atoms with E-state index in [1.54, 1.807) is 14.0 Å². The molecule has 0 saturated carbocycles. The molecule has 0 radical (unpaired) electrons. The quantitative estimate of drug-likeness (QED) is 0.779. The third-order valence-electron chi connectivity index (χ3n) is 3.32. The predicted octanol–water partition coefficient (Wildman–Crippen LogP) is -0.444. The van der Waals surface area contributed by atoms with Gasteiger partial charge in [0.15, 0.2) is 0 Å². The van der Waals surface area contributed by atoms with E-state index in [0.717, 1.165) is 0 Å². The monoisotopic (exact) mass is 272 g/mol. The number of carbonyl (C=O) groups excluding carboxylic acids is 1. The first-order chi connectivity index (χ1) is 8.40. The lowest BCUT2D eigenvalue weighted by atomic mass is 9.89. The Morgan fingerprint density at radius 2 is 2.33 bits per heavy atom. The average molecular weight is 272 g/mol. The lowest BCUT2D eigenvalue weighted by molar-refractivity contribution is -0.128. The first kappa shape index (κ1) is 13.0. The average Bonchev–Trinajstić information content (AvgIpc) is 2.97. The summed E-state index contributed by atoms with van der Waals surface area (Å²) in [4.78, 5) is 11.9. The van der Waals surface area contributed by atoms with E-state index in [1.807, 2.05) is 0 Å². The summed E-state index contributed by atoms with van der Waals surface area (Å²) in [5, 5.41) is 8.69. The van der Waals surface area contributed by atoms with Crippen LogP contribution in [-0.4, -0.2) is 49.0 Å². The van der Waals surface area contributed by atoms with Crippen molar-refractivity contribution >= 4 is 15.9 Å². The van der Waals surface area contributed by atoms with Crippen molar-refractivity contribution in [2.75, 3.05) is 20.1 Å². The van der Waals surface area contributed by atoms with E-state index >= 15 is 0 Å². The minimum atomic E-state index is -3.55. The second kappa shape index (κ2) is 4.36. The number of carbonyl (C=O) groups is 1. The summed E-state index contributed by atoms with van der Waals surface area (Å²) < 4.78 is 25.8. The Balaban J connectivity index is 2.22. The molecule has 1 aromatic heterocycles. The molecule has 1 fully saturated rings. The number of hydrogen-bond donors (Lipinski definition) is 2. The van der Waals surface area contributed by atoms with Crippen molar-refractivity contribution in [1.29, 1.82) is 0 Å². The van der Waals surface area contributed by atoms with E-state index < -0.39 is 15.4 Å². The fourth-order valence-electron chi connectivity index (χ4n) is 2.14. The maximum Gasteiger partial charge on any atom is 0.246 e. The third-order valence-corrected chi connectivity index (χ3v) is 5.13. The number of aromatic amines is 1. The van der Waals surface area contributed by atoms with Gasteiger partial charge in [-0.2, -0.15) is 9.40 Å². The minimum absolute atomic E-state index is 0.128. The van der Waals surface area contributed by atoms with Crippen LogP contribution in [0.15, 0.2) is 17.3 Å². The van der Waals surface area contributed by atoms with Gasteiger partial charge in [0.05, 0.1) is 11.6 Å². The summed E-state index contributed by atoms with van der Waals surface area (Å²) >= 11 is 0. The molecule has 1 aliphatic heterocycles. The highest BCUT2D eigenvalue weighted by Gasteiger charge is 2.44. The van der Waals surface area contributed by atoms with Crippen molar-refractivity contribution in [3.63, 3.8) is 0 Å². The Morgan fingerprint density at radius 1 is 1.61 bits per heavy atom. The van der Waals surface area contributed by atoms with E-state index in [-0.39, 0.29) is 17.3 Å². The molecule has 8 heteroatoms. The van der Waals surface area contributed by atoms with Crippen LogP contribution in [0.3, 0.4) is 0 Å². The van der Waals surface area contributed by atoms with Crippen LogP contribution in [0.25, 0.3) is 0 Å². The molecule has 7 nitrogen and oxygen atoms in total. The zero-order valence-electron chi connectivity index (χ0n) is 10.3. The molecule has 2 rings (SSSR count). The van der Waals surface area contributed by atoms with Gasteiger partial charge in [-0.3, -0.25) is 9.89 Å². The van der Waals surface area contributed by atoms with Crippen molar-refractivity contribution in [3.05, 3.63) is 12.4 Å². The van der Waals surface area contributed by atoms with Gasteiger partial charge in [-0.05, 0) is 13.3 Å². The molecule has 0 aliphatic carbocycles. The molecule has 1 saturated heterocycles. The number of amides is 1. The van der Waals surface area contributed by atoms with Gasteiger partial charge in [-0.25, -0.2) is 8.42 Å². The largest absolute Gasteiger partial charge is 0.359 e. The lowest BCUT2D eigenvalue weighted by Crippen LogP contribution is -2.40. The molecule has 1 unspecified atom stereocenters. The van der Waals surface area contributed by atoms with Crippen molar-refractivity contribution in [2.45, 2.75) is 18.2 Å². The van der Waals surface area contributed by atoms with Crippen molar-refractivity contribution < 1.29 is 13.2 Å². The molecule has 2 N–H and O–H groups in total. The number of nitrogens with one attached hydrogen (secondary N) is 2. The van der Waals surface area contributed by atoms with Gasteiger partial charge < -0.3 is 5.32 Å². The number of sulfonamides is 1. The Kier molecular flexibility index (Phi) is 3.16. The Bertz CT molecular complexity index is 539. The summed E-state index contributed by atoms with van der Waals surface area (Å²) in [6, 6.07) is 0. The minimum Gasteiger partial charge on any atom is -0.359 e. The molecule has 1 amide bonds. The zero-order valence-corrected chi connectivity index (χ0v) is 11.1. The van der Waals surface area contributed by atoms with Crippen LogP contribution in [0.5, 0.6) is 0 Å². The molecule has 1 aliphatic rings. The van der Waals surface area contributed by atoms with Crippen molar-refractivity contribution in [3.8, 4) is 0 Å². The standard InChI is InChI=1S/C10H16N4O3S/c1-10(9(15)11-2)3-4-14(7-10)18(16,17)8-5-12-13-6-8/h5-6H,3-4,7H2,1-2H3,(H,11,15)(H,12,13). The first-order valence-corrected chi connectivity index (χ1v) is 7.05. The topological polar surface area (TPSA) is 95.2 Å². The van der Waals surface area contributed by atoms with Crippen molar-refractivity contribution in [1.82, 2.24) is 19.8 Å². The molecule has 1 atom stereocenters. The zero-order chi connectivity index (χ0) is 13.4. The molecular formula is C10H16N4O3S. The molecule has 0 bridgehead atoms. The SMILES string of the molecule is CNC(=O)C1(C)CCN(S(=O)(=O)c2cn[nH]c2)C1. The van der Waals surface area contributed by atoms with Crippen LogP contribution in [-0.2, 0) is 14.8 Å². The summed E-state index contributed by atoms with van der Waals surface area (Å²) in [7, 11) is -1.99. The summed E-state index contributed by atoms with van der Waals surface area (Å²) in [5.74, 6) is -0.132. The first-order valence-electron chi connectivity index (χ1n) is 5.61. The third kappa shape index (κ3) is 2.01. The molecule has 2 heterocycles. The van der Waals surface area contributed by atoms with E-state index in [9.17, 15) is 13.2 Å². The van der Waals surface area contributed by atoms with Crippen molar-refractivity contribution in [2.24, 2.45) is 5.41 Å². The summed E-state index contributed by atoms with van der Waals surface area (Å²) in [5.41, 5.74) is -0.661.